The molecule has 170 valence electrons. The predicted octanol–water partition coefficient (Wildman–Crippen LogP) is 1.27. The number of para-hydroxylation sites is 1. The predicted molar refractivity (Wildman–Crippen MR) is 121 cm³/mol. The third-order valence-corrected chi connectivity index (χ3v) is 6.90. The summed E-state index contributed by atoms with van der Waals surface area (Å²) < 4.78 is 1.70. The van der Waals surface area contributed by atoms with E-state index in [0.717, 1.165) is 10.9 Å². The van der Waals surface area contributed by atoms with Gasteiger partial charge >= 0.3 is 0 Å². The molecule has 2 saturated heterocycles. The number of fused-ring (bicyclic) bond motifs is 2. The molecular weight excluding hydrogens is 420 g/mol. The first-order valence-corrected chi connectivity index (χ1v) is 10.9. The Bertz CT molecular complexity index is 1250. The number of aryl methyl sites for hydroxylation is 1. The van der Waals surface area contributed by atoms with Crippen LogP contribution in [0.4, 0.5) is 0 Å². The summed E-state index contributed by atoms with van der Waals surface area (Å²) >= 11 is 0. The molecule has 4 heterocycles. The fraction of sp³-hybridized carbons (Fsp3) is 0.375. The minimum Gasteiger partial charge on any atom is -0.348 e. The zero-order chi connectivity index (χ0) is 23.3. The van der Waals surface area contributed by atoms with Crippen LogP contribution in [0.1, 0.15) is 20.8 Å². The molecule has 0 radical (unpaired) electrons. The maximum atomic E-state index is 13.5. The van der Waals surface area contributed by atoms with Crippen LogP contribution in [0.15, 0.2) is 48.8 Å². The molecule has 5 rings (SSSR count). The number of pyridine rings is 1. The molecule has 2 aromatic heterocycles. The van der Waals surface area contributed by atoms with E-state index in [1.54, 1.807) is 58.0 Å². The quantitative estimate of drug-likeness (QED) is 0.604. The van der Waals surface area contributed by atoms with E-state index in [-0.39, 0.29) is 36.7 Å². The van der Waals surface area contributed by atoms with Gasteiger partial charge in [-0.05, 0) is 18.2 Å². The van der Waals surface area contributed by atoms with Crippen molar-refractivity contribution in [1.82, 2.24) is 29.5 Å². The average molecular weight is 447 g/mol. The van der Waals surface area contributed by atoms with Crippen LogP contribution in [0.5, 0.6) is 0 Å². The molecule has 9 nitrogen and oxygen atoms in total. The van der Waals surface area contributed by atoms with Gasteiger partial charge in [-0.3, -0.25) is 24.0 Å². The van der Waals surface area contributed by atoms with Crippen LogP contribution in [0.2, 0.25) is 0 Å². The molecule has 0 unspecified atom stereocenters. The first kappa shape index (κ1) is 21.1. The lowest BCUT2D eigenvalue weighted by molar-refractivity contribution is -0.139. The number of rotatable bonds is 3. The largest absolute Gasteiger partial charge is 0.348 e. The zero-order valence-corrected chi connectivity index (χ0v) is 18.9. The van der Waals surface area contributed by atoms with Gasteiger partial charge in [0.25, 0.3) is 11.8 Å². The number of carbonyl (C=O) groups is 3. The number of carbonyl (C=O) groups excluding carboxylic acids is 3. The molecule has 3 aromatic rings. The van der Waals surface area contributed by atoms with Crippen molar-refractivity contribution < 1.29 is 14.4 Å². The summed E-state index contributed by atoms with van der Waals surface area (Å²) in [5.41, 5.74) is 0.996. The summed E-state index contributed by atoms with van der Waals surface area (Å²) in [5.74, 6) is -0.499. The SMILES string of the molecule is CN(C)C(=O)[C@]12CN(C(=O)c3ccncc3)C[C@H]1CN(C(=O)c1nn(C)c3ccccc13)C2. The normalized spacial score (nSPS) is 22.0. The summed E-state index contributed by atoms with van der Waals surface area (Å²) in [4.78, 5) is 49.0. The minimum atomic E-state index is -0.827. The van der Waals surface area contributed by atoms with Gasteiger partial charge in [0.05, 0.1) is 10.9 Å². The van der Waals surface area contributed by atoms with Crippen LogP contribution in [0, 0.1) is 11.3 Å². The number of aromatic nitrogens is 3. The molecule has 33 heavy (non-hydrogen) atoms. The second-order valence-electron chi connectivity index (χ2n) is 9.15. The molecule has 9 heteroatoms. The lowest BCUT2D eigenvalue weighted by Crippen LogP contribution is -2.48. The molecule has 0 bridgehead atoms. The standard InChI is InChI=1S/C24H26N6O3/c1-27(2)23(33)24-14-29(21(31)16-8-10-25-11-9-16)12-17(24)13-30(15-24)22(32)20-18-6-4-5-7-19(18)28(3)26-20/h4-11,17H,12-15H2,1-3H3/t17-,24-/m0/s1. The van der Waals surface area contributed by atoms with Gasteiger partial charge in [-0.2, -0.15) is 5.10 Å². The highest BCUT2D eigenvalue weighted by Gasteiger charge is 2.59. The smallest absolute Gasteiger partial charge is 0.275 e. The Morgan fingerprint density at radius 2 is 1.61 bits per heavy atom. The van der Waals surface area contributed by atoms with Crippen LogP contribution < -0.4 is 0 Å². The van der Waals surface area contributed by atoms with Gasteiger partial charge < -0.3 is 14.7 Å². The lowest BCUT2D eigenvalue weighted by atomic mass is 9.80. The lowest BCUT2D eigenvalue weighted by Gasteiger charge is -2.30. The molecule has 3 amide bonds. The Balaban J connectivity index is 1.44. The topological polar surface area (TPSA) is 91.6 Å². The number of amides is 3. The Labute approximate surface area is 191 Å². The van der Waals surface area contributed by atoms with Crippen molar-refractivity contribution in [2.75, 3.05) is 40.3 Å². The molecular formula is C24H26N6O3. The van der Waals surface area contributed by atoms with Crippen molar-refractivity contribution in [2.24, 2.45) is 18.4 Å². The van der Waals surface area contributed by atoms with Gasteiger partial charge in [-0.1, -0.05) is 18.2 Å². The molecule has 0 spiro atoms. The fourth-order valence-electron chi connectivity index (χ4n) is 5.32. The van der Waals surface area contributed by atoms with E-state index < -0.39 is 5.41 Å². The van der Waals surface area contributed by atoms with Crippen LogP contribution in [-0.2, 0) is 11.8 Å². The van der Waals surface area contributed by atoms with E-state index in [2.05, 4.69) is 10.1 Å². The van der Waals surface area contributed by atoms with Crippen LogP contribution in [0.3, 0.4) is 0 Å². The molecule has 0 saturated carbocycles. The number of benzene rings is 1. The molecule has 1 aromatic carbocycles. The number of hydrogen-bond acceptors (Lipinski definition) is 5. The van der Waals surface area contributed by atoms with Gasteiger partial charge in [0.15, 0.2) is 5.69 Å². The van der Waals surface area contributed by atoms with E-state index in [9.17, 15) is 14.4 Å². The fourth-order valence-corrected chi connectivity index (χ4v) is 5.32. The van der Waals surface area contributed by atoms with Crippen molar-refractivity contribution in [3.8, 4) is 0 Å². The zero-order valence-electron chi connectivity index (χ0n) is 18.9. The van der Waals surface area contributed by atoms with E-state index in [4.69, 9.17) is 0 Å². The van der Waals surface area contributed by atoms with Crippen molar-refractivity contribution in [3.05, 3.63) is 60.0 Å². The van der Waals surface area contributed by atoms with Crippen LogP contribution in [-0.4, -0.2) is 87.5 Å². The third kappa shape index (κ3) is 3.26. The van der Waals surface area contributed by atoms with Crippen molar-refractivity contribution in [3.63, 3.8) is 0 Å². The highest BCUT2D eigenvalue weighted by Crippen LogP contribution is 2.44. The third-order valence-electron chi connectivity index (χ3n) is 6.90. The highest BCUT2D eigenvalue weighted by molar-refractivity contribution is 6.05. The van der Waals surface area contributed by atoms with Gasteiger partial charge in [-0.25, -0.2) is 0 Å². The first-order valence-electron chi connectivity index (χ1n) is 10.9. The molecule has 2 fully saturated rings. The average Bonchev–Trinajstić information content (AvgIpc) is 3.47. The van der Waals surface area contributed by atoms with E-state index in [0.29, 0.717) is 24.3 Å². The molecule has 0 N–H and O–H groups in total. The second kappa shape index (κ2) is 7.68. The Morgan fingerprint density at radius 1 is 0.970 bits per heavy atom. The highest BCUT2D eigenvalue weighted by atomic mass is 16.2. The summed E-state index contributed by atoms with van der Waals surface area (Å²) in [5, 5.41) is 5.27. The monoisotopic (exact) mass is 446 g/mol. The first-order chi connectivity index (χ1) is 15.8. The number of hydrogen-bond donors (Lipinski definition) is 0. The van der Waals surface area contributed by atoms with Crippen LogP contribution in [0.25, 0.3) is 10.9 Å². The van der Waals surface area contributed by atoms with Crippen molar-refractivity contribution in [2.45, 2.75) is 0 Å². The summed E-state index contributed by atoms with van der Waals surface area (Å²) in [7, 11) is 5.26. The van der Waals surface area contributed by atoms with Crippen LogP contribution >= 0.6 is 0 Å². The van der Waals surface area contributed by atoms with E-state index in [1.807, 2.05) is 31.3 Å². The minimum absolute atomic E-state index is 0.0568. The Hall–Kier alpha value is -3.75. The molecule has 2 aliphatic rings. The molecule has 0 aliphatic carbocycles. The van der Waals surface area contributed by atoms with Gasteiger partial charge in [0, 0.05) is 76.6 Å². The number of nitrogens with zero attached hydrogens (tertiary/aromatic N) is 6. The molecule has 2 aliphatic heterocycles. The van der Waals surface area contributed by atoms with E-state index in [1.165, 1.54) is 0 Å². The Kier molecular flexibility index (Phi) is 4.92. The maximum absolute atomic E-state index is 13.5. The van der Waals surface area contributed by atoms with E-state index >= 15 is 0 Å². The number of likely N-dealkylation sites (tertiary alicyclic amines) is 2. The molecule has 2 atom stereocenters. The second-order valence-corrected chi connectivity index (χ2v) is 9.15. The van der Waals surface area contributed by atoms with Crippen molar-refractivity contribution >= 4 is 28.6 Å². The van der Waals surface area contributed by atoms with Gasteiger partial charge in [0.1, 0.15) is 0 Å². The van der Waals surface area contributed by atoms with Gasteiger partial charge in [0.2, 0.25) is 5.91 Å². The van der Waals surface area contributed by atoms with Crippen molar-refractivity contribution in [1.29, 1.82) is 0 Å². The summed E-state index contributed by atoms with van der Waals surface area (Å²) in [6.07, 6.45) is 3.17. The maximum Gasteiger partial charge on any atom is 0.275 e. The summed E-state index contributed by atoms with van der Waals surface area (Å²) in [6.45, 7) is 1.37. The van der Waals surface area contributed by atoms with Gasteiger partial charge in [-0.15, -0.1) is 0 Å². The summed E-state index contributed by atoms with van der Waals surface area (Å²) in [6, 6.07) is 11.0. The Morgan fingerprint density at radius 3 is 2.27 bits per heavy atom.